The van der Waals surface area contributed by atoms with Crippen LogP contribution < -0.4 is 10.1 Å². The van der Waals surface area contributed by atoms with Gasteiger partial charge < -0.3 is 9.84 Å². The third-order valence-electron chi connectivity index (χ3n) is 4.41. The molecule has 0 bridgehead atoms. The maximum Gasteiger partial charge on any atom is 0.286 e. The van der Waals surface area contributed by atoms with E-state index in [2.05, 4.69) is 5.32 Å². The minimum absolute atomic E-state index is 0.0515. The summed E-state index contributed by atoms with van der Waals surface area (Å²) in [7, 11) is 0. The number of phenolic OH excluding ortho intramolecular Hbond substituents is 1. The van der Waals surface area contributed by atoms with Gasteiger partial charge in [0.05, 0.1) is 0 Å². The van der Waals surface area contributed by atoms with Crippen molar-refractivity contribution in [3.05, 3.63) is 53.6 Å². The number of aromatic hydroxyl groups is 1. The summed E-state index contributed by atoms with van der Waals surface area (Å²) >= 11 is 1.08. The quantitative estimate of drug-likeness (QED) is 0.893. The molecule has 0 radical (unpaired) electrons. The minimum Gasteiger partial charge on any atom is -0.504 e. The number of ether oxygens (including phenoxy) is 1. The van der Waals surface area contributed by atoms with Crippen LogP contribution in [0.5, 0.6) is 17.2 Å². The van der Waals surface area contributed by atoms with Crippen LogP contribution in [0.2, 0.25) is 0 Å². The van der Waals surface area contributed by atoms with E-state index < -0.39 is 0 Å². The first kappa shape index (κ1) is 15.1. The fourth-order valence-corrected chi connectivity index (χ4v) is 4.31. The molecule has 0 spiro atoms. The van der Waals surface area contributed by atoms with E-state index in [-0.39, 0.29) is 28.1 Å². The Balaban J connectivity index is 1.58. The van der Waals surface area contributed by atoms with Gasteiger partial charge in [-0.25, -0.2) is 0 Å². The van der Waals surface area contributed by atoms with Crippen molar-refractivity contribution in [1.29, 1.82) is 0 Å². The molecule has 1 heterocycles. The number of nitrogens with one attached hydrogen (secondary N) is 1. The lowest BCUT2D eigenvalue weighted by Gasteiger charge is -2.16. The number of imide groups is 1. The molecular formula is C18H15NO4S. The molecule has 1 aliphatic carbocycles. The summed E-state index contributed by atoms with van der Waals surface area (Å²) in [5.41, 5.74) is 2.22. The van der Waals surface area contributed by atoms with Gasteiger partial charge >= 0.3 is 0 Å². The highest BCUT2D eigenvalue weighted by atomic mass is 32.2. The molecule has 2 atom stereocenters. The molecule has 2 aromatic rings. The van der Waals surface area contributed by atoms with Crippen molar-refractivity contribution in [2.75, 3.05) is 0 Å². The van der Waals surface area contributed by atoms with Gasteiger partial charge in [0.15, 0.2) is 11.5 Å². The fourth-order valence-electron chi connectivity index (χ4n) is 3.31. The Labute approximate surface area is 143 Å². The molecule has 4 rings (SSSR count). The average Bonchev–Trinajstić information content (AvgIpc) is 3.11. The van der Waals surface area contributed by atoms with Crippen LogP contribution in [0.1, 0.15) is 23.5 Å². The van der Waals surface area contributed by atoms with Crippen LogP contribution in [0.4, 0.5) is 4.79 Å². The molecule has 24 heavy (non-hydrogen) atoms. The van der Waals surface area contributed by atoms with Crippen molar-refractivity contribution < 1.29 is 19.4 Å². The SMILES string of the molecule is O=C1NC(=O)C([C@@H]2CCc3cc(Oc4ccccc4O)ccc32)S1. The fraction of sp³-hybridized carbons (Fsp3) is 0.222. The molecular weight excluding hydrogens is 326 g/mol. The van der Waals surface area contributed by atoms with E-state index in [1.165, 1.54) is 0 Å². The van der Waals surface area contributed by atoms with Gasteiger partial charge in [-0.1, -0.05) is 30.0 Å². The van der Waals surface area contributed by atoms with Gasteiger partial charge in [-0.3, -0.25) is 14.9 Å². The molecule has 2 amide bonds. The molecule has 0 aromatic heterocycles. The second kappa shape index (κ2) is 5.87. The zero-order valence-corrected chi connectivity index (χ0v) is 13.5. The summed E-state index contributed by atoms with van der Waals surface area (Å²) in [5.74, 6) is 1.00. The van der Waals surface area contributed by atoms with Crippen LogP contribution in [0.25, 0.3) is 0 Å². The lowest BCUT2D eigenvalue weighted by molar-refractivity contribution is -0.119. The van der Waals surface area contributed by atoms with Crippen LogP contribution in [0.15, 0.2) is 42.5 Å². The van der Waals surface area contributed by atoms with Gasteiger partial charge in [0.1, 0.15) is 11.0 Å². The number of aryl methyl sites for hydroxylation is 1. The predicted molar refractivity (Wildman–Crippen MR) is 90.6 cm³/mol. The first-order valence-electron chi connectivity index (χ1n) is 7.72. The van der Waals surface area contributed by atoms with Crippen molar-refractivity contribution in [2.24, 2.45) is 0 Å². The van der Waals surface area contributed by atoms with Crippen LogP contribution in [-0.2, 0) is 11.2 Å². The second-order valence-corrected chi connectivity index (χ2v) is 7.01. The topological polar surface area (TPSA) is 75.6 Å². The summed E-state index contributed by atoms with van der Waals surface area (Å²) in [4.78, 5) is 23.3. The van der Waals surface area contributed by atoms with E-state index in [9.17, 15) is 14.7 Å². The number of fused-ring (bicyclic) bond motifs is 1. The van der Waals surface area contributed by atoms with Crippen molar-refractivity contribution in [2.45, 2.75) is 24.0 Å². The molecule has 2 aromatic carbocycles. The van der Waals surface area contributed by atoms with E-state index in [1.54, 1.807) is 24.3 Å². The number of para-hydroxylation sites is 2. The molecule has 6 heteroatoms. The number of carbonyl (C=O) groups excluding carboxylic acids is 2. The number of thioether (sulfide) groups is 1. The van der Waals surface area contributed by atoms with Gasteiger partial charge in [0, 0.05) is 5.92 Å². The van der Waals surface area contributed by atoms with E-state index in [4.69, 9.17) is 4.74 Å². The summed E-state index contributed by atoms with van der Waals surface area (Å²) < 4.78 is 5.74. The van der Waals surface area contributed by atoms with E-state index >= 15 is 0 Å². The smallest absolute Gasteiger partial charge is 0.286 e. The Kier molecular flexibility index (Phi) is 3.69. The standard InChI is InChI=1S/C18H15NO4S/c20-14-3-1-2-4-15(14)23-11-6-8-12-10(9-11)5-7-13(12)16-17(21)19-18(22)24-16/h1-4,6,8-9,13,16,20H,5,7H2,(H,19,21,22)/t13-,16?/m1/s1. The first-order chi connectivity index (χ1) is 11.6. The highest BCUT2D eigenvalue weighted by Gasteiger charge is 2.41. The third-order valence-corrected chi connectivity index (χ3v) is 5.53. The predicted octanol–water partition coefficient (Wildman–Crippen LogP) is 3.57. The molecule has 2 N–H and O–H groups in total. The van der Waals surface area contributed by atoms with Gasteiger partial charge in [0.25, 0.3) is 5.24 Å². The van der Waals surface area contributed by atoms with Crippen molar-refractivity contribution in [3.63, 3.8) is 0 Å². The molecule has 1 unspecified atom stereocenters. The van der Waals surface area contributed by atoms with Gasteiger partial charge in [-0.2, -0.15) is 0 Å². The number of rotatable bonds is 3. The lowest BCUT2D eigenvalue weighted by Crippen LogP contribution is -2.27. The Morgan fingerprint density at radius 2 is 2.00 bits per heavy atom. The normalized spacial score (nSPS) is 22.3. The summed E-state index contributed by atoms with van der Waals surface area (Å²) in [5, 5.41) is 11.5. The highest BCUT2D eigenvalue weighted by molar-refractivity contribution is 8.15. The van der Waals surface area contributed by atoms with Crippen LogP contribution in [0, 0.1) is 0 Å². The van der Waals surface area contributed by atoms with Crippen molar-refractivity contribution >= 4 is 22.9 Å². The number of benzene rings is 2. The Bertz CT molecular complexity index is 836. The summed E-state index contributed by atoms with van der Waals surface area (Å²) in [6.45, 7) is 0. The van der Waals surface area contributed by atoms with Gasteiger partial charge in [-0.05, 0) is 48.2 Å². The Morgan fingerprint density at radius 1 is 1.17 bits per heavy atom. The molecule has 2 aliphatic rings. The molecule has 0 saturated carbocycles. The largest absolute Gasteiger partial charge is 0.504 e. The van der Waals surface area contributed by atoms with E-state index in [1.807, 2.05) is 18.2 Å². The highest BCUT2D eigenvalue weighted by Crippen LogP contribution is 2.43. The third kappa shape index (κ3) is 2.63. The molecule has 5 nitrogen and oxygen atoms in total. The number of amides is 2. The lowest BCUT2D eigenvalue weighted by atomic mass is 9.97. The molecule has 1 aliphatic heterocycles. The number of hydrogen-bond donors (Lipinski definition) is 2. The van der Waals surface area contributed by atoms with Crippen molar-refractivity contribution in [3.8, 4) is 17.2 Å². The average molecular weight is 341 g/mol. The number of phenols is 1. The minimum atomic E-state index is -0.344. The zero-order valence-electron chi connectivity index (χ0n) is 12.7. The number of carbonyl (C=O) groups is 2. The maximum atomic E-state index is 11.9. The zero-order chi connectivity index (χ0) is 16.7. The van der Waals surface area contributed by atoms with Crippen molar-refractivity contribution in [1.82, 2.24) is 5.32 Å². The second-order valence-electron chi connectivity index (χ2n) is 5.89. The Hall–Kier alpha value is -2.47. The van der Waals surface area contributed by atoms with Gasteiger partial charge in [0.2, 0.25) is 5.91 Å². The number of hydrogen-bond acceptors (Lipinski definition) is 5. The van der Waals surface area contributed by atoms with Crippen LogP contribution in [-0.4, -0.2) is 21.5 Å². The van der Waals surface area contributed by atoms with Crippen LogP contribution in [0.3, 0.4) is 0 Å². The van der Waals surface area contributed by atoms with Gasteiger partial charge in [-0.15, -0.1) is 0 Å². The molecule has 1 fully saturated rings. The monoisotopic (exact) mass is 341 g/mol. The summed E-state index contributed by atoms with van der Waals surface area (Å²) in [6.07, 6.45) is 1.68. The van der Waals surface area contributed by atoms with E-state index in [0.29, 0.717) is 11.5 Å². The van der Waals surface area contributed by atoms with Crippen LogP contribution >= 0.6 is 11.8 Å². The Morgan fingerprint density at radius 3 is 2.75 bits per heavy atom. The molecule has 1 saturated heterocycles. The maximum absolute atomic E-state index is 11.9. The molecule has 122 valence electrons. The summed E-state index contributed by atoms with van der Waals surface area (Å²) in [6, 6.07) is 12.6. The first-order valence-corrected chi connectivity index (χ1v) is 8.60. The van der Waals surface area contributed by atoms with E-state index in [0.717, 1.165) is 35.7 Å².